The molecule has 0 saturated heterocycles. The van der Waals surface area contributed by atoms with Gasteiger partial charge in [-0.3, -0.25) is 0 Å². The molecule has 0 bridgehead atoms. The topological polar surface area (TPSA) is 43.6 Å². The molecule has 0 atom stereocenters. The number of halogens is 4. The molecule has 2 heterocycles. The average molecular weight is 263 g/mol. The van der Waals surface area contributed by atoms with E-state index in [2.05, 4.69) is 15.1 Å². The lowest BCUT2D eigenvalue weighted by Gasteiger charge is -2.07. The lowest BCUT2D eigenvalue weighted by Crippen LogP contribution is -2.11. The van der Waals surface area contributed by atoms with E-state index in [9.17, 15) is 13.2 Å². The third kappa shape index (κ3) is 2.55. The highest BCUT2D eigenvalue weighted by molar-refractivity contribution is 6.28. The van der Waals surface area contributed by atoms with Gasteiger partial charge in [0.2, 0.25) is 5.28 Å². The van der Waals surface area contributed by atoms with E-state index in [0.717, 1.165) is 11.6 Å². The van der Waals surface area contributed by atoms with Crippen LogP contribution in [0.15, 0.2) is 18.5 Å². The molecular formula is C9H6ClF3N4. The first kappa shape index (κ1) is 11.8. The highest BCUT2D eigenvalue weighted by Crippen LogP contribution is 2.29. The van der Waals surface area contributed by atoms with Gasteiger partial charge in [0.1, 0.15) is 0 Å². The van der Waals surface area contributed by atoms with E-state index in [1.807, 2.05) is 0 Å². The minimum absolute atomic E-state index is 0.0228. The smallest absolute Gasteiger partial charge is 0.222 e. The predicted molar refractivity (Wildman–Crippen MR) is 53.9 cm³/mol. The van der Waals surface area contributed by atoms with Crippen LogP contribution in [0.3, 0.4) is 0 Å². The second-order valence-electron chi connectivity index (χ2n) is 3.34. The molecule has 2 rings (SSSR count). The van der Waals surface area contributed by atoms with Crippen molar-refractivity contribution in [3.8, 4) is 5.82 Å². The Morgan fingerprint density at radius 1 is 1.29 bits per heavy atom. The van der Waals surface area contributed by atoms with Gasteiger partial charge in [0.15, 0.2) is 11.5 Å². The predicted octanol–water partition coefficient (Wildman–Crippen LogP) is 2.64. The van der Waals surface area contributed by atoms with Crippen molar-refractivity contribution in [1.82, 2.24) is 19.7 Å². The summed E-state index contributed by atoms with van der Waals surface area (Å²) in [5, 5.41) is 3.38. The first-order chi connectivity index (χ1) is 7.86. The molecule has 0 amide bonds. The summed E-state index contributed by atoms with van der Waals surface area (Å²) in [7, 11) is 0. The van der Waals surface area contributed by atoms with Crippen molar-refractivity contribution in [2.75, 3.05) is 0 Å². The quantitative estimate of drug-likeness (QED) is 0.742. The van der Waals surface area contributed by atoms with Crippen molar-refractivity contribution in [2.24, 2.45) is 0 Å². The third-order valence-electron chi connectivity index (χ3n) is 1.92. The number of hydrogen-bond donors (Lipinski definition) is 0. The summed E-state index contributed by atoms with van der Waals surface area (Å²) in [6.07, 6.45) is -1.52. The first-order valence-electron chi connectivity index (χ1n) is 4.50. The van der Waals surface area contributed by atoms with E-state index in [1.54, 1.807) is 13.1 Å². The minimum atomic E-state index is -4.57. The summed E-state index contributed by atoms with van der Waals surface area (Å²) >= 11 is 5.45. The van der Waals surface area contributed by atoms with Gasteiger partial charge in [0, 0.05) is 12.3 Å². The lowest BCUT2D eigenvalue weighted by molar-refractivity contribution is -0.141. The Bertz CT molecular complexity index is 549. The number of rotatable bonds is 1. The molecule has 90 valence electrons. The van der Waals surface area contributed by atoms with Gasteiger partial charge in [-0.05, 0) is 24.1 Å². The van der Waals surface area contributed by atoms with Crippen LogP contribution in [0, 0.1) is 6.92 Å². The number of aryl methyl sites for hydroxylation is 1. The molecule has 0 aliphatic heterocycles. The molecule has 0 N–H and O–H groups in total. The van der Waals surface area contributed by atoms with Gasteiger partial charge in [0.25, 0.3) is 0 Å². The monoisotopic (exact) mass is 262 g/mol. The maximum atomic E-state index is 12.5. The fourth-order valence-corrected chi connectivity index (χ4v) is 1.38. The van der Waals surface area contributed by atoms with E-state index in [4.69, 9.17) is 11.6 Å². The number of alkyl halides is 3. The molecule has 0 aliphatic carbocycles. The van der Waals surface area contributed by atoms with Crippen LogP contribution in [-0.4, -0.2) is 19.7 Å². The van der Waals surface area contributed by atoms with Gasteiger partial charge >= 0.3 is 6.18 Å². The molecule has 4 nitrogen and oxygen atoms in total. The average Bonchev–Trinajstić information content (AvgIpc) is 2.62. The zero-order valence-corrected chi connectivity index (χ0v) is 9.29. The van der Waals surface area contributed by atoms with Crippen LogP contribution >= 0.6 is 11.6 Å². The van der Waals surface area contributed by atoms with Crippen molar-refractivity contribution >= 4 is 11.6 Å². The minimum Gasteiger partial charge on any atom is -0.222 e. The highest BCUT2D eigenvalue weighted by Gasteiger charge is 2.33. The van der Waals surface area contributed by atoms with Crippen LogP contribution in [0.5, 0.6) is 0 Å². The molecular weight excluding hydrogens is 257 g/mol. The van der Waals surface area contributed by atoms with Crippen molar-refractivity contribution in [3.63, 3.8) is 0 Å². The molecule has 8 heteroatoms. The second kappa shape index (κ2) is 3.99. The molecule has 0 spiro atoms. The van der Waals surface area contributed by atoms with Crippen LogP contribution in [0.2, 0.25) is 5.28 Å². The molecule has 0 saturated carbocycles. The van der Waals surface area contributed by atoms with Crippen LogP contribution in [-0.2, 0) is 6.18 Å². The number of hydrogen-bond acceptors (Lipinski definition) is 3. The van der Waals surface area contributed by atoms with Crippen molar-refractivity contribution in [2.45, 2.75) is 13.1 Å². The number of nitrogens with zero attached hydrogens (tertiary/aromatic N) is 4. The molecule has 0 fully saturated rings. The third-order valence-corrected chi connectivity index (χ3v) is 2.09. The van der Waals surface area contributed by atoms with Crippen molar-refractivity contribution in [1.29, 1.82) is 0 Å². The fourth-order valence-electron chi connectivity index (χ4n) is 1.21. The van der Waals surface area contributed by atoms with E-state index < -0.39 is 17.2 Å². The first-order valence-corrected chi connectivity index (χ1v) is 4.87. The summed E-state index contributed by atoms with van der Waals surface area (Å²) in [6, 6.07) is 0.790. The molecule has 2 aromatic heterocycles. The van der Waals surface area contributed by atoms with Crippen LogP contribution in [0.4, 0.5) is 13.2 Å². The Kier molecular flexibility index (Phi) is 2.78. The number of aromatic nitrogens is 4. The Balaban J connectivity index is 2.52. The standard InChI is InChI=1S/C9H6ClF3N4/c1-5-3-14-17(4-5)7-2-6(9(11,12)13)15-8(10)16-7/h2-4H,1H3. The van der Waals surface area contributed by atoms with Gasteiger partial charge in [-0.2, -0.15) is 23.3 Å². The maximum Gasteiger partial charge on any atom is 0.433 e. The Hall–Kier alpha value is -1.63. The van der Waals surface area contributed by atoms with Gasteiger partial charge in [0.05, 0.1) is 6.20 Å². The fraction of sp³-hybridized carbons (Fsp3) is 0.222. The Morgan fingerprint density at radius 2 is 2.00 bits per heavy atom. The molecule has 17 heavy (non-hydrogen) atoms. The largest absolute Gasteiger partial charge is 0.433 e. The second-order valence-corrected chi connectivity index (χ2v) is 3.68. The van der Waals surface area contributed by atoms with Gasteiger partial charge in [-0.25, -0.2) is 9.67 Å². The highest BCUT2D eigenvalue weighted by atomic mass is 35.5. The summed E-state index contributed by atoms with van der Waals surface area (Å²) in [6.45, 7) is 1.76. The summed E-state index contributed by atoms with van der Waals surface area (Å²) < 4.78 is 38.7. The molecule has 0 aromatic carbocycles. The van der Waals surface area contributed by atoms with E-state index in [-0.39, 0.29) is 5.82 Å². The zero-order chi connectivity index (χ0) is 12.6. The van der Waals surface area contributed by atoms with Crippen LogP contribution in [0.1, 0.15) is 11.3 Å². The van der Waals surface area contributed by atoms with E-state index in [0.29, 0.717) is 0 Å². The van der Waals surface area contributed by atoms with Crippen molar-refractivity contribution < 1.29 is 13.2 Å². The van der Waals surface area contributed by atoms with Crippen molar-refractivity contribution in [3.05, 3.63) is 35.0 Å². The molecule has 0 radical (unpaired) electrons. The Labute approximate surface area is 99.1 Å². The Morgan fingerprint density at radius 3 is 2.53 bits per heavy atom. The summed E-state index contributed by atoms with van der Waals surface area (Å²) in [5.74, 6) is -0.0228. The SMILES string of the molecule is Cc1cnn(-c2cc(C(F)(F)F)nc(Cl)n2)c1. The summed E-state index contributed by atoms with van der Waals surface area (Å²) in [5.41, 5.74) is -0.297. The van der Waals surface area contributed by atoms with Gasteiger partial charge in [-0.1, -0.05) is 0 Å². The normalized spacial score (nSPS) is 11.8. The molecule has 0 unspecified atom stereocenters. The van der Waals surface area contributed by atoms with Crippen LogP contribution < -0.4 is 0 Å². The summed E-state index contributed by atoms with van der Waals surface area (Å²) in [4.78, 5) is 6.81. The zero-order valence-electron chi connectivity index (χ0n) is 8.53. The lowest BCUT2D eigenvalue weighted by atomic mass is 10.4. The van der Waals surface area contributed by atoms with Gasteiger partial charge in [-0.15, -0.1) is 0 Å². The van der Waals surface area contributed by atoms with E-state index >= 15 is 0 Å². The van der Waals surface area contributed by atoms with Gasteiger partial charge < -0.3 is 0 Å². The van der Waals surface area contributed by atoms with Crippen LogP contribution in [0.25, 0.3) is 5.82 Å². The molecule has 0 aliphatic rings. The molecule has 2 aromatic rings. The van der Waals surface area contributed by atoms with E-state index in [1.165, 1.54) is 10.9 Å². The maximum absolute atomic E-state index is 12.5.